The molecule has 0 bridgehead atoms. The zero-order valence-electron chi connectivity index (χ0n) is 17.1. The third-order valence-corrected chi connectivity index (χ3v) is 4.88. The molecule has 39 heavy (non-hydrogen) atoms. The number of alkyl halides is 20. The van der Waals surface area contributed by atoms with Gasteiger partial charge in [-0.05, 0) is 18.2 Å². The van der Waals surface area contributed by atoms with E-state index < -0.39 is 82.1 Å². The van der Waals surface area contributed by atoms with Crippen molar-refractivity contribution in [2.24, 2.45) is 0 Å². The van der Waals surface area contributed by atoms with Crippen LogP contribution in [0.1, 0.15) is 5.56 Å². The molecule has 0 spiro atoms. The van der Waals surface area contributed by atoms with E-state index in [2.05, 4.69) is 0 Å². The number of rotatable bonds is 8. The Balaban J connectivity index is 3.63. The fourth-order valence-corrected chi connectivity index (χ4v) is 2.47. The number of benzene rings is 1. The Labute approximate surface area is 204 Å². The molecule has 23 heteroatoms. The third kappa shape index (κ3) is 5.00. The first-order valence-electron chi connectivity index (χ1n) is 8.66. The maximum atomic E-state index is 13.9. The van der Waals surface area contributed by atoms with Crippen molar-refractivity contribution in [2.45, 2.75) is 53.8 Å². The second-order valence-electron chi connectivity index (χ2n) is 7.17. The normalized spacial score (nSPS) is 15.4. The maximum Gasteiger partial charge on any atom is 0.460 e. The Morgan fingerprint density at radius 1 is 0.564 bits per heavy atom. The van der Waals surface area contributed by atoms with Crippen molar-refractivity contribution < 1.29 is 92.6 Å². The zero-order chi connectivity index (χ0) is 31.6. The van der Waals surface area contributed by atoms with Crippen LogP contribution >= 0.6 is 11.6 Å². The van der Waals surface area contributed by atoms with Gasteiger partial charge in [-0.25, -0.2) is 0 Å². The number of hydrogen-bond acceptors (Lipinski definition) is 1. The van der Waals surface area contributed by atoms with Crippen molar-refractivity contribution in [2.75, 3.05) is 5.32 Å². The first-order chi connectivity index (χ1) is 16.8. The van der Waals surface area contributed by atoms with E-state index in [9.17, 15) is 92.6 Å². The number of carbonyl (C=O) groups is 1. The predicted molar refractivity (Wildman–Crippen MR) is 85.8 cm³/mol. The molecule has 0 fully saturated rings. The molecule has 1 amide bonds. The summed E-state index contributed by atoms with van der Waals surface area (Å²) in [5.41, 5.74) is -3.68. The summed E-state index contributed by atoms with van der Waals surface area (Å²) in [5, 5.41) is -0.934. The number of hydrogen-bond donors (Lipinski definition) is 1. The quantitative estimate of drug-likeness (QED) is 0.285. The van der Waals surface area contributed by atoms with E-state index in [1.807, 2.05) is 0 Å². The Bertz CT molecular complexity index is 1090. The Morgan fingerprint density at radius 2 is 0.923 bits per heavy atom. The smallest absolute Gasteiger partial charge is 0.319 e. The highest BCUT2D eigenvalue weighted by molar-refractivity contribution is 6.33. The molecule has 2 nitrogen and oxygen atoms in total. The highest BCUT2D eigenvalue weighted by Gasteiger charge is 2.95. The van der Waals surface area contributed by atoms with Gasteiger partial charge in [-0.2, -0.15) is 87.8 Å². The molecule has 226 valence electrons. The van der Waals surface area contributed by atoms with E-state index in [0.29, 0.717) is 5.32 Å². The lowest BCUT2D eigenvalue weighted by Gasteiger charge is -2.42. The molecule has 0 aromatic heterocycles. The number of nitrogens with one attached hydrogen (secondary N) is 1. The van der Waals surface area contributed by atoms with E-state index in [1.165, 1.54) is 0 Å². The maximum absolute atomic E-state index is 13.9. The number of carbonyl (C=O) groups excluding carboxylic acids is 1. The van der Waals surface area contributed by atoms with E-state index in [-0.39, 0.29) is 12.1 Å². The van der Waals surface area contributed by atoms with Crippen LogP contribution in [0, 0.1) is 0 Å². The molecule has 1 N–H and O–H groups in total. The number of amides is 1. The van der Waals surface area contributed by atoms with Gasteiger partial charge in [0.1, 0.15) is 0 Å². The summed E-state index contributed by atoms with van der Waals surface area (Å²) in [6.45, 7) is 0. The Hall–Kier alpha value is -2.42. The van der Waals surface area contributed by atoms with Gasteiger partial charge in [0, 0.05) is 0 Å². The van der Waals surface area contributed by atoms with Crippen LogP contribution in [-0.4, -0.2) is 53.5 Å². The first-order valence-corrected chi connectivity index (χ1v) is 9.04. The van der Waals surface area contributed by atoms with Gasteiger partial charge >= 0.3 is 59.7 Å². The lowest BCUT2D eigenvalue weighted by atomic mass is 9.88. The summed E-state index contributed by atoms with van der Waals surface area (Å²) < 4.78 is 263. The molecular weight excluding hydrogens is 638 g/mol. The van der Waals surface area contributed by atoms with E-state index in [4.69, 9.17) is 11.6 Å². The highest BCUT2D eigenvalue weighted by atomic mass is 35.5. The van der Waals surface area contributed by atoms with Crippen LogP contribution < -0.4 is 5.32 Å². The van der Waals surface area contributed by atoms with Gasteiger partial charge in [-0.3, -0.25) is 4.79 Å². The second kappa shape index (κ2) is 9.32. The van der Waals surface area contributed by atoms with Crippen molar-refractivity contribution in [3.63, 3.8) is 0 Å². The van der Waals surface area contributed by atoms with Gasteiger partial charge in [0.15, 0.2) is 0 Å². The molecule has 0 aliphatic rings. The molecule has 0 saturated heterocycles. The van der Waals surface area contributed by atoms with Gasteiger partial charge in [-0.15, -0.1) is 0 Å². The molecule has 0 saturated carbocycles. The highest BCUT2D eigenvalue weighted by Crippen LogP contribution is 2.64. The van der Waals surface area contributed by atoms with Crippen LogP contribution in [0.25, 0.3) is 0 Å². The molecular formula is C16H4ClF20NO. The van der Waals surface area contributed by atoms with Gasteiger partial charge in [0.25, 0.3) is 0 Å². The van der Waals surface area contributed by atoms with Gasteiger partial charge < -0.3 is 5.32 Å². The molecule has 0 aliphatic carbocycles. The van der Waals surface area contributed by atoms with Crippen molar-refractivity contribution in [3.05, 3.63) is 28.8 Å². The minimum Gasteiger partial charge on any atom is -0.319 e. The zero-order valence-corrected chi connectivity index (χ0v) is 17.8. The fourth-order valence-electron chi connectivity index (χ4n) is 2.30. The first kappa shape index (κ1) is 34.6. The number of halogens is 21. The Kier molecular flexibility index (Phi) is 8.27. The summed E-state index contributed by atoms with van der Waals surface area (Å²) >= 11 is 5.18. The van der Waals surface area contributed by atoms with Crippen molar-refractivity contribution in [3.8, 4) is 0 Å². The summed E-state index contributed by atoms with van der Waals surface area (Å²) in [4.78, 5) is 11.4. The molecule has 0 aliphatic heterocycles. The van der Waals surface area contributed by atoms with Crippen molar-refractivity contribution in [1.29, 1.82) is 0 Å². The predicted octanol–water partition coefficient (Wildman–Crippen LogP) is 8.31. The van der Waals surface area contributed by atoms with Crippen LogP contribution in [0.4, 0.5) is 93.5 Å². The minimum atomic E-state index is -8.92. The third-order valence-electron chi connectivity index (χ3n) is 4.55. The average molecular weight is 642 g/mol. The second-order valence-corrected chi connectivity index (χ2v) is 7.57. The molecule has 1 aromatic rings. The summed E-state index contributed by atoms with van der Waals surface area (Å²) in [6.07, 6.45) is -13.3. The van der Waals surface area contributed by atoms with Crippen molar-refractivity contribution >= 4 is 23.2 Å². The monoisotopic (exact) mass is 641 g/mol. The molecule has 1 rings (SSSR count). The standard InChI is InChI=1S/C16H4ClF20NO/c17-5-2-1-4(9(20,21)22)3-6(5)38-7(39)8(18,19)10(23,24)11(25,26)12(27,28)13(29,30)14(31,32)15(33,34)16(35,36)37/h1-3H,(H,38,39). The SMILES string of the molecule is O=C(Nc1cc(C(F)(F)F)ccc1Cl)C(F)(F)C(F)(F)C(F)(F)C(F)(F)C(F)(F)C(F)(F)C(F)(F)C(F)(F)F. The summed E-state index contributed by atoms with van der Waals surface area (Å²) in [7, 11) is 0. The van der Waals surface area contributed by atoms with E-state index in [0.717, 1.165) is 0 Å². The van der Waals surface area contributed by atoms with Crippen LogP contribution in [0.5, 0.6) is 0 Å². The van der Waals surface area contributed by atoms with Crippen LogP contribution in [0.2, 0.25) is 5.02 Å². The average Bonchev–Trinajstić information content (AvgIpc) is 2.72. The summed E-state index contributed by atoms with van der Waals surface area (Å²) in [6, 6.07) is -0.226. The largest absolute Gasteiger partial charge is 0.460 e. The molecule has 1 aromatic carbocycles. The van der Waals surface area contributed by atoms with E-state index >= 15 is 0 Å². The lowest BCUT2D eigenvalue weighted by Crippen LogP contribution is -2.75. The molecule has 0 heterocycles. The van der Waals surface area contributed by atoms with Crippen LogP contribution in [-0.2, 0) is 11.0 Å². The van der Waals surface area contributed by atoms with Gasteiger partial charge in [0.2, 0.25) is 0 Å². The van der Waals surface area contributed by atoms with Gasteiger partial charge in [0.05, 0.1) is 16.3 Å². The number of anilines is 1. The molecule has 0 atom stereocenters. The molecule has 0 radical (unpaired) electrons. The summed E-state index contributed by atoms with van der Waals surface area (Å²) in [5.74, 6) is -63.6. The van der Waals surface area contributed by atoms with Crippen LogP contribution in [0.3, 0.4) is 0 Å². The topological polar surface area (TPSA) is 29.1 Å². The molecule has 0 unspecified atom stereocenters. The fraction of sp³-hybridized carbons (Fsp3) is 0.562. The van der Waals surface area contributed by atoms with E-state index in [1.54, 1.807) is 0 Å². The van der Waals surface area contributed by atoms with Crippen LogP contribution in [0.15, 0.2) is 18.2 Å². The van der Waals surface area contributed by atoms with Crippen molar-refractivity contribution in [1.82, 2.24) is 0 Å². The van der Waals surface area contributed by atoms with Gasteiger partial charge in [-0.1, -0.05) is 11.6 Å². The lowest BCUT2D eigenvalue weighted by molar-refractivity contribution is -0.459. The minimum absolute atomic E-state index is 0.0679. The Morgan fingerprint density at radius 3 is 1.28 bits per heavy atom.